The van der Waals surface area contributed by atoms with E-state index in [0.717, 1.165) is 12.2 Å². The first-order valence-electron chi connectivity index (χ1n) is 3.50. The third-order valence-corrected chi connectivity index (χ3v) is 2.30. The molecule has 0 rings (SSSR count). The number of nitrogens with one attached hydrogen (secondary N) is 2. The molecule has 5 heteroatoms. The van der Waals surface area contributed by atoms with E-state index in [1.165, 1.54) is 0 Å². The molecule has 0 aliphatic rings. The first kappa shape index (κ1) is 11.0. The van der Waals surface area contributed by atoms with Crippen LogP contribution in [0.2, 0.25) is 0 Å². The smallest absolute Gasteiger partial charge is 0.180 e. The Bertz CT molecular complexity index is 118. The number of hydrazine groups is 1. The summed E-state index contributed by atoms with van der Waals surface area (Å²) in [7, 11) is 0. The van der Waals surface area contributed by atoms with Crippen LogP contribution < -0.4 is 16.6 Å². The number of rotatable bonds is 4. The Morgan fingerprint density at radius 3 is 2.73 bits per heavy atom. The summed E-state index contributed by atoms with van der Waals surface area (Å²) in [6.45, 7) is 2.12. The molecule has 0 saturated carbocycles. The Kier molecular flexibility index (Phi) is 6.69. The highest BCUT2D eigenvalue weighted by Crippen LogP contribution is 2.00. The van der Waals surface area contributed by atoms with Gasteiger partial charge in [-0.3, -0.25) is 0 Å². The first-order valence-corrected chi connectivity index (χ1v) is 5.30. The summed E-state index contributed by atoms with van der Waals surface area (Å²) in [5.41, 5.74) is 2.40. The van der Waals surface area contributed by atoms with Gasteiger partial charge in [0.05, 0.1) is 0 Å². The van der Waals surface area contributed by atoms with Crippen molar-refractivity contribution in [1.29, 1.82) is 0 Å². The lowest BCUT2D eigenvalue weighted by Crippen LogP contribution is -2.45. The van der Waals surface area contributed by atoms with Crippen LogP contribution in [-0.2, 0) is 0 Å². The second kappa shape index (κ2) is 6.69. The van der Waals surface area contributed by atoms with Gasteiger partial charge in [-0.1, -0.05) is 6.92 Å². The Morgan fingerprint density at radius 2 is 2.36 bits per heavy atom. The fourth-order valence-corrected chi connectivity index (χ4v) is 1.58. The third kappa shape index (κ3) is 5.29. The Hall–Kier alpha value is -0.0000000000000000486. The van der Waals surface area contributed by atoms with Gasteiger partial charge in [0.2, 0.25) is 0 Å². The molecule has 11 heavy (non-hydrogen) atoms. The highest BCUT2D eigenvalue weighted by atomic mass is 32.2. The topological polar surface area (TPSA) is 50.1 Å². The maximum atomic E-state index is 5.11. The summed E-state index contributed by atoms with van der Waals surface area (Å²) in [5.74, 6) is 6.16. The molecule has 0 saturated heterocycles. The number of hydrogen-bond donors (Lipinski definition) is 3. The maximum absolute atomic E-state index is 5.11. The molecule has 0 bridgehead atoms. The SMILES string of the molecule is CCC(CSC)NC(=S)NN. The molecule has 0 aliphatic carbocycles. The van der Waals surface area contributed by atoms with Gasteiger partial charge in [-0.2, -0.15) is 11.8 Å². The summed E-state index contributed by atoms with van der Waals surface area (Å²) < 4.78 is 0. The molecule has 0 amide bonds. The largest absolute Gasteiger partial charge is 0.358 e. The maximum Gasteiger partial charge on any atom is 0.180 e. The van der Waals surface area contributed by atoms with Gasteiger partial charge in [-0.05, 0) is 24.9 Å². The average Bonchev–Trinajstić information content (AvgIpc) is 2.03. The molecule has 0 aromatic rings. The van der Waals surface area contributed by atoms with E-state index in [4.69, 9.17) is 18.1 Å². The van der Waals surface area contributed by atoms with Crippen molar-refractivity contribution in [2.45, 2.75) is 19.4 Å². The molecule has 1 atom stereocenters. The van der Waals surface area contributed by atoms with Crippen molar-refractivity contribution in [2.75, 3.05) is 12.0 Å². The van der Waals surface area contributed by atoms with Gasteiger partial charge in [-0.15, -0.1) is 0 Å². The standard InChI is InChI=1S/C6H15N3S2/c1-3-5(4-11-2)8-6(10)9-7/h5H,3-4,7H2,1-2H3,(H2,8,9,10). The molecular weight excluding hydrogens is 178 g/mol. The molecule has 3 nitrogen and oxygen atoms in total. The van der Waals surface area contributed by atoms with Gasteiger partial charge in [0.1, 0.15) is 0 Å². The molecule has 66 valence electrons. The van der Waals surface area contributed by atoms with E-state index in [9.17, 15) is 0 Å². The van der Waals surface area contributed by atoms with Crippen LogP contribution in [0.15, 0.2) is 0 Å². The minimum atomic E-state index is 0.425. The van der Waals surface area contributed by atoms with E-state index in [0.29, 0.717) is 11.2 Å². The lowest BCUT2D eigenvalue weighted by atomic mass is 10.3. The zero-order valence-corrected chi connectivity index (χ0v) is 8.52. The molecule has 0 aromatic carbocycles. The van der Waals surface area contributed by atoms with Gasteiger partial charge in [0.25, 0.3) is 0 Å². The molecule has 0 aliphatic heterocycles. The van der Waals surface area contributed by atoms with Crippen molar-refractivity contribution in [3.05, 3.63) is 0 Å². The minimum Gasteiger partial charge on any atom is -0.358 e. The molecule has 4 N–H and O–H groups in total. The van der Waals surface area contributed by atoms with Crippen LogP contribution in [0, 0.1) is 0 Å². The van der Waals surface area contributed by atoms with Gasteiger partial charge < -0.3 is 10.7 Å². The van der Waals surface area contributed by atoms with Crippen molar-refractivity contribution < 1.29 is 0 Å². The van der Waals surface area contributed by atoms with Gasteiger partial charge in [-0.25, -0.2) is 5.84 Å². The lowest BCUT2D eigenvalue weighted by molar-refractivity contribution is 0.644. The van der Waals surface area contributed by atoms with E-state index >= 15 is 0 Å². The van der Waals surface area contributed by atoms with Crippen LogP contribution in [-0.4, -0.2) is 23.2 Å². The van der Waals surface area contributed by atoms with E-state index in [1.54, 1.807) is 11.8 Å². The van der Waals surface area contributed by atoms with Gasteiger partial charge in [0, 0.05) is 11.8 Å². The van der Waals surface area contributed by atoms with Gasteiger partial charge >= 0.3 is 0 Å². The van der Waals surface area contributed by atoms with Crippen molar-refractivity contribution in [2.24, 2.45) is 5.84 Å². The number of thioether (sulfide) groups is 1. The summed E-state index contributed by atoms with van der Waals surface area (Å²) in [5, 5.41) is 3.61. The zero-order valence-electron chi connectivity index (χ0n) is 6.89. The second-order valence-electron chi connectivity index (χ2n) is 2.18. The third-order valence-electron chi connectivity index (χ3n) is 1.33. The Morgan fingerprint density at radius 1 is 1.73 bits per heavy atom. The van der Waals surface area contributed by atoms with E-state index < -0.39 is 0 Å². The fraction of sp³-hybridized carbons (Fsp3) is 0.833. The monoisotopic (exact) mass is 193 g/mol. The number of hydrogen-bond acceptors (Lipinski definition) is 3. The lowest BCUT2D eigenvalue weighted by Gasteiger charge is -2.16. The van der Waals surface area contributed by atoms with Crippen LogP contribution >= 0.6 is 24.0 Å². The van der Waals surface area contributed by atoms with Crippen molar-refractivity contribution in [3.63, 3.8) is 0 Å². The predicted molar refractivity (Wildman–Crippen MR) is 55.5 cm³/mol. The first-order chi connectivity index (χ1) is 5.24. The molecule has 0 aromatic heterocycles. The van der Waals surface area contributed by atoms with Crippen LogP contribution in [0.4, 0.5) is 0 Å². The van der Waals surface area contributed by atoms with E-state index in [-0.39, 0.29) is 0 Å². The van der Waals surface area contributed by atoms with Crippen molar-refractivity contribution in [1.82, 2.24) is 10.7 Å². The summed E-state index contributed by atoms with van der Waals surface area (Å²) >= 11 is 6.65. The molecule has 0 radical (unpaired) electrons. The van der Waals surface area contributed by atoms with Crippen molar-refractivity contribution >= 4 is 29.1 Å². The fourth-order valence-electron chi connectivity index (χ4n) is 0.690. The summed E-state index contributed by atoms with van der Waals surface area (Å²) in [6.07, 6.45) is 3.13. The van der Waals surface area contributed by atoms with Crippen LogP contribution in [0.3, 0.4) is 0 Å². The van der Waals surface area contributed by atoms with E-state index in [2.05, 4.69) is 23.9 Å². The molecular formula is C6H15N3S2. The molecule has 0 heterocycles. The zero-order chi connectivity index (χ0) is 8.69. The Labute approximate surface area is 77.5 Å². The van der Waals surface area contributed by atoms with E-state index in [1.807, 2.05) is 0 Å². The second-order valence-corrected chi connectivity index (χ2v) is 3.50. The average molecular weight is 193 g/mol. The molecule has 0 fully saturated rings. The minimum absolute atomic E-state index is 0.425. The highest BCUT2D eigenvalue weighted by molar-refractivity contribution is 7.98. The van der Waals surface area contributed by atoms with Gasteiger partial charge in [0.15, 0.2) is 5.11 Å². The van der Waals surface area contributed by atoms with Crippen LogP contribution in [0.5, 0.6) is 0 Å². The molecule has 1 unspecified atom stereocenters. The normalized spacial score (nSPS) is 12.3. The van der Waals surface area contributed by atoms with Crippen LogP contribution in [0.1, 0.15) is 13.3 Å². The van der Waals surface area contributed by atoms with Crippen LogP contribution in [0.25, 0.3) is 0 Å². The Balaban J connectivity index is 3.58. The highest BCUT2D eigenvalue weighted by Gasteiger charge is 2.04. The number of nitrogens with two attached hydrogens (primary N) is 1. The predicted octanol–water partition coefficient (Wildman–Crippen LogP) is 0.466. The summed E-state index contributed by atoms with van der Waals surface area (Å²) in [4.78, 5) is 0. The quantitative estimate of drug-likeness (QED) is 0.344. The summed E-state index contributed by atoms with van der Waals surface area (Å²) in [6, 6.07) is 0.425. The number of thiocarbonyl (C=S) groups is 1. The molecule has 0 spiro atoms. The van der Waals surface area contributed by atoms with Crippen molar-refractivity contribution in [3.8, 4) is 0 Å².